The predicted octanol–water partition coefficient (Wildman–Crippen LogP) is 2.05. The Morgan fingerprint density at radius 2 is 1.73 bits per heavy atom. The third-order valence-electron chi connectivity index (χ3n) is 5.29. The molecular weight excluding hydrogens is 280 g/mol. The molecule has 5 heteroatoms. The molecule has 0 aromatic carbocycles. The van der Waals surface area contributed by atoms with Gasteiger partial charge in [0.15, 0.2) is 0 Å². The van der Waals surface area contributed by atoms with Crippen molar-refractivity contribution in [1.29, 1.82) is 0 Å². The minimum atomic E-state index is -0.335. The SMILES string of the molecule is CCOC(=O)CN(C)C(=O)CN1CCC2(CCCCC2)CC1. The molecule has 2 rings (SSSR count). The molecule has 2 aliphatic rings. The van der Waals surface area contributed by atoms with Crippen LogP contribution in [0.15, 0.2) is 0 Å². The highest BCUT2D eigenvalue weighted by molar-refractivity contribution is 5.83. The summed E-state index contributed by atoms with van der Waals surface area (Å²) in [5.41, 5.74) is 0.564. The number of esters is 1. The highest BCUT2D eigenvalue weighted by Gasteiger charge is 2.35. The highest BCUT2D eigenvalue weighted by atomic mass is 16.5. The third kappa shape index (κ3) is 4.70. The fourth-order valence-corrected chi connectivity index (χ4v) is 3.79. The Hall–Kier alpha value is -1.10. The lowest BCUT2D eigenvalue weighted by atomic mass is 9.68. The van der Waals surface area contributed by atoms with Crippen LogP contribution in [0.2, 0.25) is 0 Å². The van der Waals surface area contributed by atoms with Crippen LogP contribution in [-0.4, -0.2) is 61.5 Å². The fourth-order valence-electron chi connectivity index (χ4n) is 3.79. The zero-order chi connectivity index (χ0) is 16.0. The summed E-state index contributed by atoms with van der Waals surface area (Å²) in [6.45, 7) is 4.62. The molecule has 2 fully saturated rings. The van der Waals surface area contributed by atoms with E-state index in [-0.39, 0.29) is 18.4 Å². The number of piperidine rings is 1. The Morgan fingerprint density at radius 3 is 2.32 bits per heavy atom. The van der Waals surface area contributed by atoms with Gasteiger partial charge in [0, 0.05) is 7.05 Å². The largest absolute Gasteiger partial charge is 0.465 e. The van der Waals surface area contributed by atoms with Crippen molar-refractivity contribution in [2.75, 3.05) is 39.8 Å². The molecular formula is C17H30N2O3. The maximum absolute atomic E-state index is 12.2. The number of carbonyl (C=O) groups is 2. The second-order valence-electron chi connectivity index (χ2n) is 6.89. The zero-order valence-corrected chi connectivity index (χ0v) is 14.1. The van der Waals surface area contributed by atoms with Crippen molar-refractivity contribution in [3.8, 4) is 0 Å². The molecule has 1 aliphatic carbocycles. The average Bonchev–Trinajstić information content (AvgIpc) is 2.51. The Bertz CT molecular complexity index is 381. The van der Waals surface area contributed by atoms with Crippen LogP contribution in [-0.2, 0) is 14.3 Å². The number of hydrogen-bond acceptors (Lipinski definition) is 4. The van der Waals surface area contributed by atoms with E-state index in [2.05, 4.69) is 4.90 Å². The van der Waals surface area contributed by atoms with E-state index in [0.717, 1.165) is 13.1 Å². The van der Waals surface area contributed by atoms with Gasteiger partial charge in [-0.05, 0) is 51.1 Å². The normalized spacial score (nSPS) is 21.5. The Morgan fingerprint density at radius 1 is 1.09 bits per heavy atom. The maximum Gasteiger partial charge on any atom is 0.325 e. The molecule has 0 bridgehead atoms. The number of carbonyl (C=O) groups excluding carboxylic acids is 2. The number of likely N-dealkylation sites (N-methyl/N-ethyl adjacent to an activating group) is 1. The van der Waals surface area contributed by atoms with Crippen molar-refractivity contribution >= 4 is 11.9 Å². The second-order valence-corrected chi connectivity index (χ2v) is 6.89. The van der Waals surface area contributed by atoms with Crippen LogP contribution >= 0.6 is 0 Å². The van der Waals surface area contributed by atoms with Crippen molar-refractivity contribution < 1.29 is 14.3 Å². The van der Waals surface area contributed by atoms with Crippen molar-refractivity contribution in [3.05, 3.63) is 0 Å². The molecule has 0 N–H and O–H groups in total. The van der Waals surface area contributed by atoms with Crippen LogP contribution in [0, 0.1) is 5.41 Å². The van der Waals surface area contributed by atoms with Gasteiger partial charge >= 0.3 is 5.97 Å². The lowest BCUT2D eigenvalue weighted by molar-refractivity contribution is -0.148. The van der Waals surface area contributed by atoms with E-state index >= 15 is 0 Å². The maximum atomic E-state index is 12.2. The minimum absolute atomic E-state index is 0.00708. The molecule has 1 saturated carbocycles. The summed E-state index contributed by atoms with van der Waals surface area (Å²) in [6, 6.07) is 0. The quantitative estimate of drug-likeness (QED) is 0.729. The van der Waals surface area contributed by atoms with Crippen LogP contribution in [0.3, 0.4) is 0 Å². The summed E-state index contributed by atoms with van der Waals surface area (Å²) in [5.74, 6) is -0.328. The molecule has 22 heavy (non-hydrogen) atoms. The van der Waals surface area contributed by atoms with Crippen molar-refractivity contribution in [2.24, 2.45) is 5.41 Å². The van der Waals surface area contributed by atoms with Crippen LogP contribution in [0.1, 0.15) is 51.9 Å². The number of ether oxygens (including phenoxy) is 1. The summed E-state index contributed by atoms with van der Waals surface area (Å²) in [4.78, 5) is 27.3. The van der Waals surface area contributed by atoms with Crippen molar-refractivity contribution in [3.63, 3.8) is 0 Å². The Labute approximate surface area is 134 Å². The lowest BCUT2D eigenvalue weighted by Crippen LogP contribution is -2.46. The molecule has 1 aliphatic heterocycles. The molecule has 0 radical (unpaired) electrons. The molecule has 1 spiro atoms. The van der Waals surface area contributed by atoms with Crippen LogP contribution in [0.5, 0.6) is 0 Å². The number of amides is 1. The average molecular weight is 310 g/mol. The summed E-state index contributed by atoms with van der Waals surface area (Å²) >= 11 is 0. The van der Waals surface area contributed by atoms with Gasteiger partial charge in [0.2, 0.25) is 5.91 Å². The Kier molecular flexibility index (Phi) is 6.24. The van der Waals surface area contributed by atoms with Gasteiger partial charge in [-0.1, -0.05) is 19.3 Å². The summed E-state index contributed by atoms with van der Waals surface area (Å²) in [7, 11) is 1.67. The van der Waals surface area contributed by atoms with E-state index in [1.807, 2.05) is 0 Å². The van der Waals surface area contributed by atoms with Gasteiger partial charge in [0.1, 0.15) is 6.54 Å². The number of likely N-dealkylation sites (tertiary alicyclic amines) is 1. The number of nitrogens with zero attached hydrogens (tertiary/aromatic N) is 2. The smallest absolute Gasteiger partial charge is 0.325 e. The molecule has 126 valence electrons. The van der Waals surface area contributed by atoms with Gasteiger partial charge in [0.05, 0.1) is 13.2 Å². The predicted molar refractivity (Wildman–Crippen MR) is 85.5 cm³/mol. The lowest BCUT2D eigenvalue weighted by Gasteiger charge is -2.44. The van der Waals surface area contributed by atoms with E-state index in [1.165, 1.54) is 49.8 Å². The summed E-state index contributed by atoms with van der Waals surface area (Å²) in [6.07, 6.45) is 9.34. The molecule has 1 amide bonds. The third-order valence-corrected chi connectivity index (χ3v) is 5.29. The first-order valence-corrected chi connectivity index (χ1v) is 8.67. The monoisotopic (exact) mass is 310 g/mol. The molecule has 1 saturated heterocycles. The molecule has 0 aromatic heterocycles. The van der Waals surface area contributed by atoms with Crippen LogP contribution < -0.4 is 0 Å². The fraction of sp³-hybridized carbons (Fsp3) is 0.882. The highest BCUT2D eigenvalue weighted by Crippen LogP contribution is 2.44. The molecule has 5 nitrogen and oxygen atoms in total. The first-order valence-electron chi connectivity index (χ1n) is 8.67. The van der Waals surface area contributed by atoms with E-state index in [1.54, 1.807) is 14.0 Å². The summed E-state index contributed by atoms with van der Waals surface area (Å²) in [5, 5.41) is 0. The van der Waals surface area contributed by atoms with E-state index in [9.17, 15) is 9.59 Å². The first kappa shape index (κ1) is 17.3. The number of hydrogen-bond donors (Lipinski definition) is 0. The van der Waals surface area contributed by atoms with Crippen molar-refractivity contribution in [1.82, 2.24) is 9.80 Å². The second kappa shape index (κ2) is 7.95. The Balaban J connectivity index is 1.73. The van der Waals surface area contributed by atoms with E-state index < -0.39 is 0 Å². The van der Waals surface area contributed by atoms with Crippen molar-refractivity contribution in [2.45, 2.75) is 51.9 Å². The van der Waals surface area contributed by atoms with Crippen LogP contribution in [0.25, 0.3) is 0 Å². The molecule has 0 unspecified atom stereocenters. The van der Waals surface area contributed by atoms with Gasteiger partial charge in [-0.15, -0.1) is 0 Å². The van der Waals surface area contributed by atoms with Gasteiger partial charge < -0.3 is 9.64 Å². The number of rotatable bonds is 5. The van der Waals surface area contributed by atoms with E-state index in [0.29, 0.717) is 18.6 Å². The molecule has 0 aromatic rings. The first-order chi connectivity index (χ1) is 10.5. The zero-order valence-electron chi connectivity index (χ0n) is 14.1. The van der Waals surface area contributed by atoms with Gasteiger partial charge in [-0.2, -0.15) is 0 Å². The van der Waals surface area contributed by atoms with Gasteiger partial charge in [0.25, 0.3) is 0 Å². The standard InChI is InChI=1S/C17H30N2O3/c1-3-22-16(21)14-18(2)15(20)13-19-11-9-17(10-12-19)7-5-4-6-8-17/h3-14H2,1-2H3. The topological polar surface area (TPSA) is 49.9 Å². The molecule has 0 atom stereocenters. The van der Waals surface area contributed by atoms with Gasteiger partial charge in [-0.25, -0.2) is 0 Å². The minimum Gasteiger partial charge on any atom is -0.465 e. The summed E-state index contributed by atoms with van der Waals surface area (Å²) < 4.78 is 4.88. The van der Waals surface area contributed by atoms with E-state index in [4.69, 9.17) is 4.74 Å². The molecule has 1 heterocycles. The van der Waals surface area contributed by atoms with Gasteiger partial charge in [-0.3, -0.25) is 14.5 Å². The van der Waals surface area contributed by atoms with Crippen LogP contribution in [0.4, 0.5) is 0 Å².